The molecule has 6 heteroatoms. The van der Waals surface area contributed by atoms with E-state index in [0.29, 0.717) is 15.8 Å². The van der Waals surface area contributed by atoms with Gasteiger partial charge in [0, 0.05) is 33.0 Å². The lowest BCUT2D eigenvalue weighted by Crippen LogP contribution is -2.11. The zero-order valence-corrected chi connectivity index (χ0v) is 14.9. The number of benzene rings is 2. The van der Waals surface area contributed by atoms with Gasteiger partial charge in [0.15, 0.2) is 11.5 Å². The summed E-state index contributed by atoms with van der Waals surface area (Å²) in [6.07, 6.45) is 0. The van der Waals surface area contributed by atoms with Crippen molar-refractivity contribution in [2.24, 2.45) is 0 Å². The highest BCUT2D eigenvalue weighted by atomic mass is 35.5. The van der Waals surface area contributed by atoms with Crippen LogP contribution < -0.4 is 14.2 Å². The molecule has 0 N–H and O–H groups in total. The van der Waals surface area contributed by atoms with Crippen molar-refractivity contribution < 1.29 is 23.8 Å². The van der Waals surface area contributed by atoms with E-state index in [1.807, 2.05) is 0 Å². The minimum absolute atomic E-state index is 0.192. The van der Waals surface area contributed by atoms with Gasteiger partial charge in [-0.1, -0.05) is 24.8 Å². The largest absolute Gasteiger partial charge is 0.493 e. The summed E-state index contributed by atoms with van der Waals surface area (Å²) in [6, 6.07) is 6.35. The van der Waals surface area contributed by atoms with Crippen molar-refractivity contribution >= 4 is 34.3 Å². The Balaban J connectivity index is 2.70. The van der Waals surface area contributed by atoms with Crippen LogP contribution in [0.15, 0.2) is 48.6 Å². The number of esters is 2. The Bertz CT molecular complexity index is 898. The highest BCUT2D eigenvalue weighted by Crippen LogP contribution is 2.43. The monoisotopic (exact) mass is 360 g/mol. The molecule has 0 aliphatic rings. The van der Waals surface area contributed by atoms with Crippen molar-refractivity contribution in [1.82, 2.24) is 0 Å². The van der Waals surface area contributed by atoms with E-state index in [-0.39, 0.29) is 28.4 Å². The molecule has 2 aromatic rings. The second-order valence-electron chi connectivity index (χ2n) is 5.44. The molecule has 0 unspecified atom stereocenters. The van der Waals surface area contributed by atoms with E-state index >= 15 is 0 Å². The molecule has 0 aromatic heterocycles. The van der Waals surface area contributed by atoms with E-state index < -0.39 is 11.9 Å². The fourth-order valence-corrected chi connectivity index (χ4v) is 2.19. The molecule has 5 nitrogen and oxygen atoms in total. The maximum absolute atomic E-state index is 11.9. The summed E-state index contributed by atoms with van der Waals surface area (Å²) in [4.78, 5) is 23.8. The van der Waals surface area contributed by atoms with E-state index in [1.54, 1.807) is 18.2 Å². The summed E-state index contributed by atoms with van der Waals surface area (Å²) >= 11 is 6.06. The van der Waals surface area contributed by atoms with Crippen LogP contribution in [0, 0.1) is 0 Å². The predicted octanol–water partition coefficient (Wildman–Crippen LogP) is 4.46. The van der Waals surface area contributed by atoms with Gasteiger partial charge in [0.1, 0.15) is 5.75 Å². The first kappa shape index (κ1) is 18.5. The quantitative estimate of drug-likeness (QED) is 0.447. The van der Waals surface area contributed by atoms with Crippen LogP contribution in [0.25, 0.3) is 10.8 Å². The van der Waals surface area contributed by atoms with Gasteiger partial charge in [-0.2, -0.15) is 0 Å². The van der Waals surface area contributed by atoms with Gasteiger partial charge in [-0.3, -0.25) is 0 Å². The molecule has 0 atom stereocenters. The van der Waals surface area contributed by atoms with E-state index in [1.165, 1.54) is 27.0 Å². The lowest BCUT2D eigenvalue weighted by molar-refractivity contribution is -0.131. The Kier molecular flexibility index (Phi) is 5.49. The van der Waals surface area contributed by atoms with Crippen molar-refractivity contribution in [2.45, 2.75) is 13.8 Å². The lowest BCUT2D eigenvalue weighted by atomic mass is 10.1. The highest BCUT2D eigenvalue weighted by molar-refractivity contribution is 6.31. The Hall–Kier alpha value is -2.79. The van der Waals surface area contributed by atoms with Crippen LogP contribution in [0.2, 0.25) is 5.02 Å². The zero-order chi connectivity index (χ0) is 18.7. The Morgan fingerprint density at radius 1 is 0.920 bits per heavy atom. The SMILES string of the molecule is C=C(C)C(=O)Oc1cc(OC)c(OC(=O)C(=C)C)c2ccc(Cl)cc12. The van der Waals surface area contributed by atoms with Gasteiger partial charge in [0.2, 0.25) is 0 Å². The fourth-order valence-electron chi connectivity index (χ4n) is 2.02. The highest BCUT2D eigenvalue weighted by Gasteiger charge is 2.20. The van der Waals surface area contributed by atoms with Gasteiger partial charge in [-0.25, -0.2) is 9.59 Å². The number of carbonyl (C=O) groups is 2. The molecular formula is C19H17ClO5. The van der Waals surface area contributed by atoms with Gasteiger partial charge in [0.05, 0.1) is 7.11 Å². The van der Waals surface area contributed by atoms with E-state index in [0.717, 1.165) is 0 Å². The standard InChI is InChI=1S/C19H17ClO5/c1-10(2)18(21)24-15-9-16(23-5)17(25-19(22)11(3)4)13-7-6-12(20)8-14(13)15/h6-9H,1,3H2,2,4-5H3. The van der Waals surface area contributed by atoms with Gasteiger partial charge in [0.25, 0.3) is 0 Å². The van der Waals surface area contributed by atoms with Crippen LogP contribution in [0.4, 0.5) is 0 Å². The third-order valence-corrected chi connectivity index (χ3v) is 3.53. The maximum atomic E-state index is 11.9. The molecule has 0 heterocycles. The lowest BCUT2D eigenvalue weighted by Gasteiger charge is -2.16. The predicted molar refractivity (Wildman–Crippen MR) is 96.4 cm³/mol. The number of rotatable bonds is 5. The third kappa shape index (κ3) is 4.00. The fraction of sp³-hybridized carbons (Fsp3) is 0.158. The first-order chi connectivity index (χ1) is 11.7. The number of ether oxygens (including phenoxy) is 3. The average Bonchev–Trinajstić information content (AvgIpc) is 2.56. The number of methoxy groups -OCH3 is 1. The molecule has 0 spiro atoms. The van der Waals surface area contributed by atoms with Crippen molar-refractivity contribution in [3.63, 3.8) is 0 Å². The summed E-state index contributed by atoms with van der Waals surface area (Å²) in [6.45, 7) is 10.2. The molecule has 0 fully saturated rings. The van der Waals surface area contributed by atoms with Crippen LogP contribution in [0.5, 0.6) is 17.2 Å². The molecule has 0 saturated heterocycles. The first-order valence-corrected chi connectivity index (χ1v) is 7.68. The summed E-state index contributed by atoms with van der Waals surface area (Å²) < 4.78 is 16.0. The Morgan fingerprint density at radius 3 is 2.08 bits per heavy atom. The molecule has 25 heavy (non-hydrogen) atoms. The number of hydrogen-bond acceptors (Lipinski definition) is 5. The molecule has 130 valence electrons. The smallest absolute Gasteiger partial charge is 0.338 e. The van der Waals surface area contributed by atoms with Crippen molar-refractivity contribution in [3.8, 4) is 17.2 Å². The Labute approximate surface area is 150 Å². The number of halogens is 1. The second-order valence-corrected chi connectivity index (χ2v) is 5.87. The van der Waals surface area contributed by atoms with E-state index in [4.69, 9.17) is 25.8 Å². The molecule has 0 aliphatic carbocycles. The molecule has 2 aromatic carbocycles. The van der Waals surface area contributed by atoms with Crippen molar-refractivity contribution in [1.29, 1.82) is 0 Å². The topological polar surface area (TPSA) is 61.8 Å². The molecule has 2 rings (SSSR count). The van der Waals surface area contributed by atoms with E-state index in [9.17, 15) is 9.59 Å². The second kappa shape index (κ2) is 7.40. The Morgan fingerprint density at radius 2 is 1.52 bits per heavy atom. The summed E-state index contributed by atoms with van der Waals surface area (Å²) in [5.74, 6) is -0.542. The molecule has 0 amide bonds. The molecule has 0 radical (unpaired) electrons. The molecular weight excluding hydrogens is 344 g/mol. The van der Waals surface area contributed by atoms with Crippen LogP contribution in [0.3, 0.4) is 0 Å². The van der Waals surface area contributed by atoms with Gasteiger partial charge < -0.3 is 14.2 Å². The van der Waals surface area contributed by atoms with Gasteiger partial charge >= 0.3 is 11.9 Å². The maximum Gasteiger partial charge on any atom is 0.338 e. The summed E-state index contributed by atoms with van der Waals surface area (Å²) in [5.41, 5.74) is 0.480. The van der Waals surface area contributed by atoms with Crippen LogP contribution in [-0.2, 0) is 9.59 Å². The molecule has 0 saturated carbocycles. The minimum atomic E-state index is -0.596. The summed E-state index contributed by atoms with van der Waals surface area (Å²) in [5, 5.41) is 1.43. The van der Waals surface area contributed by atoms with Gasteiger partial charge in [-0.05, 0) is 32.0 Å². The number of hydrogen-bond donors (Lipinski definition) is 0. The zero-order valence-electron chi connectivity index (χ0n) is 14.1. The number of fused-ring (bicyclic) bond motifs is 1. The third-order valence-electron chi connectivity index (χ3n) is 3.29. The molecule has 0 bridgehead atoms. The van der Waals surface area contributed by atoms with E-state index in [2.05, 4.69) is 13.2 Å². The number of carbonyl (C=O) groups excluding carboxylic acids is 2. The first-order valence-electron chi connectivity index (χ1n) is 7.30. The summed E-state index contributed by atoms with van der Waals surface area (Å²) in [7, 11) is 1.42. The average molecular weight is 361 g/mol. The van der Waals surface area contributed by atoms with Gasteiger partial charge in [-0.15, -0.1) is 0 Å². The normalized spacial score (nSPS) is 10.2. The van der Waals surface area contributed by atoms with Crippen molar-refractivity contribution in [2.75, 3.05) is 7.11 Å². The minimum Gasteiger partial charge on any atom is -0.493 e. The van der Waals surface area contributed by atoms with Crippen LogP contribution in [0.1, 0.15) is 13.8 Å². The van der Waals surface area contributed by atoms with Crippen LogP contribution >= 0.6 is 11.6 Å². The van der Waals surface area contributed by atoms with Crippen molar-refractivity contribution in [3.05, 3.63) is 53.6 Å². The molecule has 0 aliphatic heterocycles. The van der Waals surface area contributed by atoms with Crippen LogP contribution in [-0.4, -0.2) is 19.0 Å².